The highest BCUT2D eigenvalue weighted by atomic mass is 16.5. The molecule has 0 saturated carbocycles. The van der Waals surface area contributed by atoms with E-state index in [0.717, 1.165) is 89.9 Å². The van der Waals surface area contributed by atoms with Gasteiger partial charge >= 0.3 is 5.97 Å². The molecule has 3 N–H and O–H groups in total. The number of amides is 1. The third-order valence-electron chi connectivity index (χ3n) is 11.2. The first-order valence-electron chi connectivity index (χ1n) is 25.8. The molecule has 0 aliphatic carbocycles. The number of hydrogen-bond acceptors (Lipinski definition) is 5. The van der Waals surface area contributed by atoms with Gasteiger partial charge in [-0.2, -0.15) is 0 Å². The van der Waals surface area contributed by atoms with Crippen molar-refractivity contribution in [3.05, 3.63) is 85.1 Å². The molecule has 0 saturated heterocycles. The van der Waals surface area contributed by atoms with E-state index < -0.39 is 18.2 Å². The first kappa shape index (κ1) is 59.0. The van der Waals surface area contributed by atoms with Gasteiger partial charge in [0.15, 0.2) is 0 Å². The molecule has 0 aliphatic rings. The second-order valence-electron chi connectivity index (χ2n) is 17.2. The predicted octanol–water partition coefficient (Wildman–Crippen LogP) is 15.6. The van der Waals surface area contributed by atoms with Crippen LogP contribution in [0.25, 0.3) is 0 Å². The second kappa shape index (κ2) is 49.1. The number of carbonyl (C=O) groups is 2. The number of hydrogen-bond donors (Lipinski definition) is 3. The van der Waals surface area contributed by atoms with E-state index in [1.54, 1.807) is 0 Å². The van der Waals surface area contributed by atoms with Crippen LogP contribution >= 0.6 is 0 Å². The minimum Gasteiger partial charge on any atom is -0.462 e. The van der Waals surface area contributed by atoms with Crippen LogP contribution in [0.4, 0.5) is 0 Å². The minimum absolute atomic E-state index is 0.0328. The number of rotatable bonds is 45. The number of ether oxygens (including phenoxy) is 1. The van der Waals surface area contributed by atoms with E-state index in [1.165, 1.54) is 89.9 Å². The third kappa shape index (κ3) is 43.7. The zero-order valence-electron chi connectivity index (χ0n) is 40.5. The Bertz CT molecular complexity index is 1200. The van der Waals surface area contributed by atoms with Crippen molar-refractivity contribution >= 4 is 11.9 Å². The van der Waals surface area contributed by atoms with Gasteiger partial charge in [-0.05, 0) is 89.9 Å². The summed E-state index contributed by atoms with van der Waals surface area (Å²) in [5.74, 6) is -0.595. The predicted molar refractivity (Wildman–Crippen MR) is 268 cm³/mol. The summed E-state index contributed by atoms with van der Waals surface area (Å²) in [7, 11) is 0. The molecule has 3 unspecified atom stereocenters. The van der Waals surface area contributed by atoms with Crippen molar-refractivity contribution in [3.8, 4) is 0 Å². The highest BCUT2D eigenvalue weighted by Gasteiger charge is 2.24. The number of nitrogens with one attached hydrogen (secondary N) is 1. The number of esters is 1. The third-order valence-corrected chi connectivity index (χ3v) is 11.2. The van der Waals surface area contributed by atoms with Gasteiger partial charge in [-0.25, -0.2) is 0 Å². The van der Waals surface area contributed by atoms with Crippen molar-refractivity contribution in [2.75, 3.05) is 6.61 Å². The zero-order valence-corrected chi connectivity index (χ0v) is 40.5. The molecule has 0 aliphatic heterocycles. The minimum atomic E-state index is -0.807. The number of carbonyl (C=O) groups excluding carboxylic acids is 2. The molecule has 356 valence electrons. The Kier molecular flexibility index (Phi) is 46.7. The molecule has 6 nitrogen and oxygen atoms in total. The Hall–Kier alpha value is -2.96. The molecule has 0 radical (unpaired) electrons. The molecule has 0 heterocycles. The summed E-state index contributed by atoms with van der Waals surface area (Å²) in [6.45, 7) is 6.31. The second-order valence-corrected chi connectivity index (χ2v) is 17.2. The van der Waals surface area contributed by atoms with Crippen LogP contribution in [0.2, 0.25) is 0 Å². The summed E-state index contributed by atoms with van der Waals surface area (Å²) in [5, 5.41) is 23.7. The van der Waals surface area contributed by atoms with Gasteiger partial charge in [0.05, 0.1) is 25.2 Å². The van der Waals surface area contributed by atoms with Crippen LogP contribution in [0.1, 0.15) is 233 Å². The lowest BCUT2D eigenvalue weighted by molar-refractivity contribution is -0.150. The number of aliphatic hydroxyl groups excluding tert-OH is 2. The fourth-order valence-corrected chi connectivity index (χ4v) is 7.33. The molecular weight excluding hydrogens is 767 g/mol. The SMILES string of the molecule is CC/C=C\C/C=C\C/C=C\C/C=C\C/C=C\C/C=C\CCC(=O)OC(CCCCC/C=C\CCCCC)CC(=O)NC(CO)C(O)CCCCCCCCCCCCCCCC. The van der Waals surface area contributed by atoms with Crippen molar-refractivity contribution in [2.45, 2.75) is 251 Å². The van der Waals surface area contributed by atoms with Gasteiger partial charge in [0, 0.05) is 6.42 Å². The van der Waals surface area contributed by atoms with Crippen LogP contribution in [0, 0.1) is 0 Å². The lowest BCUT2D eigenvalue weighted by Crippen LogP contribution is -2.46. The molecular formula is C56H97NO5. The largest absolute Gasteiger partial charge is 0.462 e. The molecule has 0 fully saturated rings. The lowest BCUT2D eigenvalue weighted by Gasteiger charge is -2.24. The van der Waals surface area contributed by atoms with E-state index >= 15 is 0 Å². The molecule has 0 spiro atoms. The standard InChI is InChI=1S/C56H97NO5/c1-4-7-10-13-16-19-22-24-26-27-28-29-30-32-34-37-40-43-46-49-56(61)62-52(47-44-41-38-35-21-18-15-12-9-6-3)50-55(60)57-53(51-58)54(59)48-45-42-39-36-33-31-25-23-20-17-14-11-8-5-2/h7,10,16,18-19,21,24,26,28-29,32,34,40,43,52-54,58-59H,4-6,8-9,11-15,17,20,22-23,25,27,30-31,33,35-39,41-42,44-51H2,1-3H3,(H,57,60)/b10-7-,19-16-,21-18-,26-24-,29-28-,34-32-,43-40-. The molecule has 1 amide bonds. The van der Waals surface area contributed by atoms with Crippen LogP contribution in [-0.4, -0.2) is 46.9 Å². The summed E-state index contributed by atoms with van der Waals surface area (Å²) >= 11 is 0. The molecule has 0 bridgehead atoms. The summed E-state index contributed by atoms with van der Waals surface area (Å²) in [5.41, 5.74) is 0. The number of aliphatic hydroxyl groups is 2. The summed E-state index contributed by atoms with van der Waals surface area (Å²) in [4.78, 5) is 26.1. The van der Waals surface area contributed by atoms with Crippen molar-refractivity contribution in [2.24, 2.45) is 0 Å². The van der Waals surface area contributed by atoms with Gasteiger partial charge in [0.25, 0.3) is 0 Å². The van der Waals surface area contributed by atoms with Crippen molar-refractivity contribution in [1.82, 2.24) is 5.32 Å². The fourth-order valence-electron chi connectivity index (χ4n) is 7.33. The molecule has 0 aromatic heterocycles. The maximum Gasteiger partial charge on any atom is 0.306 e. The number of allylic oxidation sites excluding steroid dienone is 14. The van der Waals surface area contributed by atoms with E-state index in [2.05, 4.69) is 105 Å². The molecule has 0 rings (SSSR count). The molecule has 6 heteroatoms. The van der Waals surface area contributed by atoms with Gasteiger partial charge in [-0.3, -0.25) is 9.59 Å². The van der Waals surface area contributed by atoms with Gasteiger partial charge in [-0.15, -0.1) is 0 Å². The van der Waals surface area contributed by atoms with Crippen molar-refractivity contribution < 1.29 is 24.5 Å². The van der Waals surface area contributed by atoms with Gasteiger partial charge in [-0.1, -0.05) is 215 Å². The summed E-state index contributed by atoms with van der Waals surface area (Å²) < 4.78 is 5.87. The average Bonchev–Trinajstić information content (AvgIpc) is 3.26. The van der Waals surface area contributed by atoms with E-state index in [9.17, 15) is 19.8 Å². The van der Waals surface area contributed by atoms with E-state index in [4.69, 9.17) is 4.74 Å². The highest BCUT2D eigenvalue weighted by molar-refractivity contribution is 5.77. The lowest BCUT2D eigenvalue weighted by atomic mass is 10.0. The van der Waals surface area contributed by atoms with Gasteiger partial charge in [0.1, 0.15) is 6.10 Å². The van der Waals surface area contributed by atoms with Crippen LogP contribution in [0.15, 0.2) is 85.1 Å². The van der Waals surface area contributed by atoms with Crippen molar-refractivity contribution in [1.29, 1.82) is 0 Å². The first-order chi connectivity index (χ1) is 30.5. The van der Waals surface area contributed by atoms with Gasteiger partial charge < -0.3 is 20.3 Å². The van der Waals surface area contributed by atoms with Crippen molar-refractivity contribution in [3.63, 3.8) is 0 Å². The molecule has 0 aromatic carbocycles. The van der Waals surface area contributed by atoms with Crippen LogP contribution < -0.4 is 5.32 Å². The fraction of sp³-hybridized carbons (Fsp3) is 0.714. The quantitative estimate of drug-likeness (QED) is 0.0322. The van der Waals surface area contributed by atoms with Crippen LogP contribution in [0.3, 0.4) is 0 Å². The smallest absolute Gasteiger partial charge is 0.306 e. The highest BCUT2D eigenvalue weighted by Crippen LogP contribution is 2.17. The first-order valence-corrected chi connectivity index (χ1v) is 25.8. The van der Waals surface area contributed by atoms with E-state index in [0.29, 0.717) is 19.3 Å². The molecule has 3 atom stereocenters. The van der Waals surface area contributed by atoms with Crippen LogP contribution in [0.5, 0.6) is 0 Å². The Morgan fingerprint density at radius 3 is 1.35 bits per heavy atom. The van der Waals surface area contributed by atoms with E-state index in [-0.39, 0.29) is 31.3 Å². The van der Waals surface area contributed by atoms with Gasteiger partial charge in [0.2, 0.25) is 5.91 Å². The number of unbranched alkanes of at least 4 members (excludes halogenated alkanes) is 19. The normalized spacial score (nSPS) is 14.0. The Morgan fingerprint density at radius 1 is 0.484 bits per heavy atom. The van der Waals surface area contributed by atoms with Crippen LogP contribution in [-0.2, 0) is 14.3 Å². The Morgan fingerprint density at radius 2 is 0.871 bits per heavy atom. The maximum absolute atomic E-state index is 13.2. The maximum atomic E-state index is 13.2. The Labute approximate surface area is 383 Å². The monoisotopic (exact) mass is 864 g/mol. The topological polar surface area (TPSA) is 95.9 Å². The summed E-state index contributed by atoms with van der Waals surface area (Å²) in [6, 6.07) is -0.724. The summed E-state index contributed by atoms with van der Waals surface area (Å²) in [6.07, 6.45) is 63.7. The molecule has 62 heavy (non-hydrogen) atoms. The molecule has 0 aromatic rings. The van der Waals surface area contributed by atoms with E-state index in [1.807, 2.05) is 6.08 Å². The Balaban J connectivity index is 4.63. The average molecular weight is 864 g/mol. The zero-order chi connectivity index (χ0) is 45.2.